The topological polar surface area (TPSA) is 87.7 Å². The van der Waals surface area contributed by atoms with Crippen molar-refractivity contribution in [2.75, 3.05) is 0 Å². The van der Waals surface area contributed by atoms with Crippen LogP contribution in [0.3, 0.4) is 0 Å². The van der Waals surface area contributed by atoms with E-state index in [1.807, 2.05) is 0 Å². The average molecular weight is 266 g/mol. The molecular weight excluding hydrogens is 248 g/mol. The number of carboxylic acids is 1. The normalized spacial score (nSPS) is 10.9. The first-order valence-corrected chi connectivity index (χ1v) is 5.82. The maximum absolute atomic E-state index is 11.3. The fourth-order valence-corrected chi connectivity index (χ4v) is 1.34. The van der Waals surface area contributed by atoms with Gasteiger partial charge in [0.2, 0.25) is 0 Å². The van der Waals surface area contributed by atoms with E-state index in [2.05, 4.69) is 10.9 Å². The smallest absolute Gasteiger partial charge is 0.422 e. The largest absolute Gasteiger partial charge is 0.478 e. The third-order valence-electron chi connectivity index (χ3n) is 2.06. The van der Waals surface area contributed by atoms with Crippen molar-refractivity contribution in [3.8, 4) is 0 Å². The Hall–Kier alpha value is -2.08. The molecule has 0 saturated heterocycles. The molecule has 3 N–H and O–H groups in total. The predicted molar refractivity (Wildman–Crippen MR) is 69.6 cm³/mol. The fourth-order valence-electron chi connectivity index (χ4n) is 1.34. The lowest BCUT2D eigenvalue weighted by molar-refractivity contribution is 0.0496. The van der Waals surface area contributed by atoms with Crippen LogP contribution in [0.1, 0.15) is 36.7 Å². The lowest BCUT2D eigenvalue weighted by Crippen LogP contribution is -2.40. The number of rotatable bonds is 4. The van der Waals surface area contributed by atoms with Crippen LogP contribution in [0.25, 0.3) is 0 Å². The number of hydrazine groups is 1. The second-order valence-corrected chi connectivity index (χ2v) is 4.99. The van der Waals surface area contributed by atoms with Crippen LogP contribution in [-0.2, 0) is 11.3 Å². The molecule has 0 aliphatic carbocycles. The zero-order valence-corrected chi connectivity index (χ0v) is 11.2. The van der Waals surface area contributed by atoms with Crippen molar-refractivity contribution in [1.82, 2.24) is 10.9 Å². The highest BCUT2D eigenvalue weighted by Gasteiger charge is 2.15. The summed E-state index contributed by atoms with van der Waals surface area (Å²) in [6, 6.07) is 6.45. The van der Waals surface area contributed by atoms with Crippen LogP contribution in [0.4, 0.5) is 4.79 Å². The number of hydrogen-bond acceptors (Lipinski definition) is 4. The molecule has 0 bridgehead atoms. The van der Waals surface area contributed by atoms with Crippen LogP contribution in [0, 0.1) is 0 Å². The fraction of sp³-hybridized carbons (Fsp3) is 0.385. The zero-order valence-electron chi connectivity index (χ0n) is 11.2. The lowest BCUT2D eigenvalue weighted by Gasteiger charge is -2.19. The molecule has 0 aromatic heterocycles. The Morgan fingerprint density at radius 1 is 1.32 bits per heavy atom. The summed E-state index contributed by atoms with van der Waals surface area (Å²) in [6.45, 7) is 5.61. The van der Waals surface area contributed by atoms with E-state index in [1.54, 1.807) is 32.9 Å². The van der Waals surface area contributed by atoms with Gasteiger partial charge >= 0.3 is 12.1 Å². The number of ether oxygens (including phenoxy) is 1. The van der Waals surface area contributed by atoms with Crippen molar-refractivity contribution in [3.05, 3.63) is 35.4 Å². The molecule has 0 saturated carbocycles. The Bertz CT molecular complexity index is 466. The number of carbonyl (C=O) groups is 2. The van der Waals surface area contributed by atoms with Gasteiger partial charge in [-0.1, -0.05) is 12.1 Å². The van der Waals surface area contributed by atoms with E-state index in [4.69, 9.17) is 9.84 Å². The van der Waals surface area contributed by atoms with Crippen molar-refractivity contribution < 1.29 is 19.4 Å². The minimum atomic E-state index is -0.984. The van der Waals surface area contributed by atoms with E-state index < -0.39 is 17.7 Å². The molecule has 1 aromatic carbocycles. The van der Waals surface area contributed by atoms with E-state index in [0.717, 1.165) is 5.56 Å². The van der Waals surface area contributed by atoms with Gasteiger partial charge < -0.3 is 9.84 Å². The second kappa shape index (κ2) is 6.19. The van der Waals surface area contributed by atoms with Gasteiger partial charge in [-0.05, 0) is 38.5 Å². The monoisotopic (exact) mass is 266 g/mol. The van der Waals surface area contributed by atoms with Gasteiger partial charge in [0.25, 0.3) is 0 Å². The van der Waals surface area contributed by atoms with Crippen LogP contribution in [0.5, 0.6) is 0 Å². The summed E-state index contributed by atoms with van der Waals surface area (Å²) in [6.07, 6.45) is -0.582. The van der Waals surface area contributed by atoms with Crippen LogP contribution in [-0.4, -0.2) is 22.8 Å². The van der Waals surface area contributed by atoms with Gasteiger partial charge in [-0.15, -0.1) is 0 Å². The van der Waals surface area contributed by atoms with E-state index in [9.17, 15) is 9.59 Å². The van der Waals surface area contributed by atoms with Crippen LogP contribution in [0.2, 0.25) is 0 Å². The van der Waals surface area contributed by atoms with Crippen molar-refractivity contribution in [2.24, 2.45) is 0 Å². The van der Waals surface area contributed by atoms with Gasteiger partial charge in [-0.25, -0.2) is 15.0 Å². The summed E-state index contributed by atoms with van der Waals surface area (Å²) in [5.41, 5.74) is 5.44. The standard InChI is InChI=1S/C13H18N2O4/c1-13(2,3)19-12(18)15-14-8-9-5-4-6-10(7-9)11(16)17/h4-7,14H,8H2,1-3H3,(H,15,18)(H,16,17). The maximum atomic E-state index is 11.3. The van der Waals surface area contributed by atoms with Crippen molar-refractivity contribution in [2.45, 2.75) is 32.9 Å². The Morgan fingerprint density at radius 3 is 2.58 bits per heavy atom. The van der Waals surface area contributed by atoms with Gasteiger partial charge in [-0.3, -0.25) is 5.43 Å². The Kier molecular flexibility index (Phi) is 4.88. The minimum Gasteiger partial charge on any atom is -0.478 e. The number of benzene rings is 1. The van der Waals surface area contributed by atoms with Crippen molar-refractivity contribution in [3.63, 3.8) is 0 Å². The van der Waals surface area contributed by atoms with Gasteiger partial charge in [0, 0.05) is 6.54 Å². The Morgan fingerprint density at radius 2 is 2.00 bits per heavy atom. The molecule has 1 aromatic rings. The van der Waals surface area contributed by atoms with Gasteiger partial charge in [0.15, 0.2) is 0 Å². The number of carboxylic acid groups (broad SMARTS) is 1. The molecule has 1 amide bonds. The molecule has 0 heterocycles. The molecule has 0 fully saturated rings. The van der Waals surface area contributed by atoms with Gasteiger partial charge in [0.1, 0.15) is 5.60 Å². The number of carbonyl (C=O) groups excluding carboxylic acids is 1. The van der Waals surface area contributed by atoms with Crippen molar-refractivity contribution >= 4 is 12.1 Å². The predicted octanol–water partition coefficient (Wildman–Crippen LogP) is 1.91. The van der Waals surface area contributed by atoms with E-state index >= 15 is 0 Å². The molecule has 19 heavy (non-hydrogen) atoms. The van der Waals surface area contributed by atoms with E-state index in [0.29, 0.717) is 6.54 Å². The molecule has 0 radical (unpaired) electrons. The third-order valence-corrected chi connectivity index (χ3v) is 2.06. The number of nitrogens with one attached hydrogen (secondary N) is 2. The lowest BCUT2D eigenvalue weighted by atomic mass is 10.1. The average Bonchev–Trinajstić information content (AvgIpc) is 2.27. The van der Waals surface area contributed by atoms with Crippen LogP contribution < -0.4 is 10.9 Å². The highest BCUT2D eigenvalue weighted by molar-refractivity contribution is 5.87. The van der Waals surface area contributed by atoms with Crippen LogP contribution >= 0.6 is 0 Å². The van der Waals surface area contributed by atoms with Crippen molar-refractivity contribution in [1.29, 1.82) is 0 Å². The molecule has 0 unspecified atom stereocenters. The SMILES string of the molecule is CC(C)(C)OC(=O)NNCc1cccc(C(=O)O)c1. The first-order valence-electron chi connectivity index (χ1n) is 5.82. The first kappa shape index (κ1) is 15.0. The van der Waals surface area contributed by atoms with Gasteiger partial charge in [0.05, 0.1) is 5.56 Å². The summed E-state index contributed by atoms with van der Waals surface area (Å²) in [5, 5.41) is 8.84. The number of aromatic carboxylic acids is 1. The van der Waals surface area contributed by atoms with Gasteiger partial charge in [-0.2, -0.15) is 0 Å². The summed E-state index contributed by atoms with van der Waals surface area (Å²) in [4.78, 5) is 22.1. The molecule has 0 aliphatic rings. The Labute approximate surface area is 111 Å². The highest BCUT2D eigenvalue weighted by atomic mass is 16.6. The minimum absolute atomic E-state index is 0.205. The maximum Gasteiger partial charge on any atom is 0.422 e. The molecule has 0 atom stereocenters. The van der Waals surface area contributed by atoms with Crippen LogP contribution in [0.15, 0.2) is 24.3 Å². The second-order valence-electron chi connectivity index (χ2n) is 4.99. The van der Waals surface area contributed by atoms with E-state index in [1.165, 1.54) is 12.1 Å². The number of amides is 1. The van der Waals surface area contributed by atoms with E-state index in [-0.39, 0.29) is 5.56 Å². The Balaban J connectivity index is 2.43. The molecular formula is C13H18N2O4. The third kappa shape index (κ3) is 5.87. The summed E-state index contributed by atoms with van der Waals surface area (Å²) >= 11 is 0. The highest BCUT2D eigenvalue weighted by Crippen LogP contribution is 2.06. The number of hydrogen-bond donors (Lipinski definition) is 3. The molecule has 104 valence electrons. The molecule has 0 spiro atoms. The zero-order chi connectivity index (χ0) is 14.5. The molecule has 6 heteroatoms. The first-order chi connectivity index (χ1) is 8.78. The summed E-state index contributed by atoms with van der Waals surface area (Å²) < 4.78 is 5.03. The molecule has 6 nitrogen and oxygen atoms in total. The summed E-state index contributed by atoms with van der Waals surface area (Å²) in [5.74, 6) is -0.984. The molecule has 1 rings (SSSR count). The molecule has 0 aliphatic heterocycles. The summed E-state index contributed by atoms with van der Waals surface area (Å²) in [7, 11) is 0. The quantitative estimate of drug-likeness (QED) is 0.725.